The van der Waals surface area contributed by atoms with Gasteiger partial charge in [-0.25, -0.2) is 0 Å². The summed E-state index contributed by atoms with van der Waals surface area (Å²) in [5.41, 5.74) is 1.75. The molecular formula is C15H16N2O4. The maximum atomic E-state index is 12.3. The highest BCUT2D eigenvalue weighted by Crippen LogP contribution is 2.31. The zero-order valence-corrected chi connectivity index (χ0v) is 11.9. The standard InChI is InChI=1S/C15H16N2O4/c1-9-14(10(2)21-17-9)16-15(18)11-4-5-12-13(8-11)20-7-3-6-19-12/h4-5,8H,3,6-7H2,1-2H3,(H,16,18). The Morgan fingerprint density at radius 1 is 1.19 bits per heavy atom. The summed E-state index contributed by atoms with van der Waals surface area (Å²) >= 11 is 0. The number of carbonyl (C=O) groups is 1. The fraction of sp³-hybridized carbons (Fsp3) is 0.333. The van der Waals surface area contributed by atoms with Gasteiger partial charge in [0.25, 0.3) is 5.91 Å². The first-order valence-electron chi connectivity index (χ1n) is 6.79. The molecule has 21 heavy (non-hydrogen) atoms. The van der Waals surface area contributed by atoms with Crippen LogP contribution in [0.4, 0.5) is 5.69 Å². The van der Waals surface area contributed by atoms with Crippen molar-refractivity contribution >= 4 is 11.6 Å². The van der Waals surface area contributed by atoms with Crippen LogP contribution >= 0.6 is 0 Å². The number of rotatable bonds is 2. The topological polar surface area (TPSA) is 73.6 Å². The van der Waals surface area contributed by atoms with E-state index in [0.717, 1.165) is 6.42 Å². The first kappa shape index (κ1) is 13.5. The fourth-order valence-electron chi connectivity index (χ4n) is 2.15. The van der Waals surface area contributed by atoms with Crippen LogP contribution in [0.5, 0.6) is 11.5 Å². The summed E-state index contributed by atoms with van der Waals surface area (Å²) in [7, 11) is 0. The van der Waals surface area contributed by atoms with Gasteiger partial charge in [-0.1, -0.05) is 5.16 Å². The van der Waals surface area contributed by atoms with E-state index >= 15 is 0 Å². The second-order valence-electron chi connectivity index (χ2n) is 4.87. The van der Waals surface area contributed by atoms with Crippen LogP contribution in [-0.4, -0.2) is 24.3 Å². The summed E-state index contributed by atoms with van der Waals surface area (Å²) in [5.74, 6) is 1.61. The van der Waals surface area contributed by atoms with Crippen LogP contribution < -0.4 is 14.8 Å². The molecule has 6 heteroatoms. The van der Waals surface area contributed by atoms with Gasteiger partial charge in [0.2, 0.25) is 0 Å². The van der Waals surface area contributed by atoms with Crippen LogP contribution in [-0.2, 0) is 0 Å². The van der Waals surface area contributed by atoms with Crippen molar-refractivity contribution in [3.05, 3.63) is 35.2 Å². The van der Waals surface area contributed by atoms with Gasteiger partial charge in [0.15, 0.2) is 17.3 Å². The van der Waals surface area contributed by atoms with E-state index in [1.54, 1.807) is 32.0 Å². The molecule has 0 saturated carbocycles. The lowest BCUT2D eigenvalue weighted by atomic mass is 10.2. The number of anilines is 1. The number of fused-ring (bicyclic) bond motifs is 1. The third-order valence-corrected chi connectivity index (χ3v) is 3.28. The van der Waals surface area contributed by atoms with Gasteiger partial charge in [0, 0.05) is 12.0 Å². The number of nitrogens with zero attached hydrogens (tertiary/aromatic N) is 1. The van der Waals surface area contributed by atoms with Gasteiger partial charge >= 0.3 is 0 Å². The molecule has 0 spiro atoms. The number of benzene rings is 1. The molecule has 0 atom stereocenters. The van der Waals surface area contributed by atoms with E-state index < -0.39 is 0 Å². The fourth-order valence-corrected chi connectivity index (χ4v) is 2.15. The Bertz CT molecular complexity index is 659. The van der Waals surface area contributed by atoms with Crippen LogP contribution in [0.3, 0.4) is 0 Å². The van der Waals surface area contributed by atoms with Gasteiger partial charge in [0.05, 0.1) is 13.2 Å². The van der Waals surface area contributed by atoms with E-state index in [0.29, 0.717) is 47.4 Å². The lowest BCUT2D eigenvalue weighted by Crippen LogP contribution is -2.13. The molecule has 1 aromatic carbocycles. The molecule has 2 heterocycles. The highest BCUT2D eigenvalue weighted by atomic mass is 16.5. The first-order valence-corrected chi connectivity index (χ1v) is 6.79. The Morgan fingerprint density at radius 3 is 2.67 bits per heavy atom. The lowest BCUT2D eigenvalue weighted by Gasteiger charge is -2.09. The van der Waals surface area contributed by atoms with Crippen molar-refractivity contribution in [2.24, 2.45) is 0 Å². The zero-order valence-electron chi connectivity index (χ0n) is 11.9. The van der Waals surface area contributed by atoms with E-state index in [1.165, 1.54) is 0 Å². The molecule has 0 radical (unpaired) electrons. The molecule has 0 bridgehead atoms. The minimum absolute atomic E-state index is 0.236. The molecule has 1 aliphatic rings. The largest absolute Gasteiger partial charge is 0.490 e. The SMILES string of the molecule is Cc1noc(C)c1NC(=O)c1ccc2c(c1)OCCCO2. The Morgan fingerprint density at radius 2 is 1.95 bits per heavy atom. The number of carbonyl (C=O) groups excluding carboxylic acids is 1. The number of ether oxygens (including phenoxy) is 2. The highest BCUT2D eigenvalue weighted by Gasteiger charge is 2.17. The van der Waals surface area contributed by atoms with Crippen LogP contribution in [0.15, 0.2) is 22.7 Å². The Hall–Kier alpha value is -2.50. The number of aromatic nitrogens is 1. The summed E-state index contributed by atoms with van der Waals surface area (Å²) in [5, 5.41) is 6.62. The average Bonchev–Trinajstić information content (AvgIpc) is 2.70. The third-order valence-electron chi connectivity index (χ3n) is 3.28. The molecular weight excluding hydrogens is 272 g/mol. The number of hydrogen-bond acceptors (Lipinski definition) is 5. The minimum Gasteiger partial charge on any atom is -0.490 e. The van der Waals surface area contributed by atoms with E-state index in [4.69, 9.17) is 14.0 Å². The van der Waals surface area contributed by atoms with Crippen molar-refractivity contribution in [3.8, 4) is 11.5 Å². The van der Waals surface area contributed by atoms with Gasteiger partial charge in [-0.2, -0.15) is 0 Å². The molecule has 2 aromatic rings. The Kier molecular flexibility index (Phi) is 3.51. The van der Waals surface area contributed by atoms with Gasteiger partial charge < -0.3 is 19.3 Å². The summed E-state index contributed by atoms with van der Waals surface area (Å²) in [4.78, 5) is 12.3. The minimum atomic E-state index is -0.236. The molecule has 1 aromatic heterocycles. The Labute approximate surface area is 122 Å². The van der Waals surface area contributed by atoms with Crippen LogP contribution in [0, 0.1) is 13.8 Å². The van der Waals surface area contributed by atoms with E-state index in [-0.39, 0.29) is 5.91 Å². The van der Waals surface area contributed by atoms with Crippen molar-refractivity contribution < 1.29 is 18.8 Å². The monoisotopic (exact) mass is 288 g/mol. The van der Waals surface area contributed by atoms with Crippen molar-refractivity contribution in [3.63, 3.8) is 0 Å². The normalized spacial score (nSPS) is 13.6. The van der Waals surface area contributed by atoms with Gasteiger partial charge in [-0.15, -0.1) is 0 Å². The molecule has 3 rings (SSSR count). The average molecular weight is 288 g/mol. The molecule has 1 amide bonds. The van der Waals surface area contributed by atoms with Gasteiger partial charge in [-0.05, 0) is 32.0 Å². The molecule has 1 aliphatic heterocycles. The number of nitrogens with one attached hydrogen (secondary N) is 1. The van der Waals surface area contributed by atoms with E-state index in [2.05, 4.69) is 10.5 Å². The van der Waals surface area contributed by atoms with Crippen molar-refractivity contribution in [1.82, 2.24) is 5.16 Å². The third kappa shape index (κ3) is 2.69. The van der Waals surface area contributed by atoms with Gasteiger partial charge in [-0.3, -0.25) is 4.79 Å². The maximum absolute atomic E-state index is 12.3. The second-order valence-corrected chi connectivity index (χ2v) is 4.87. The summed E-state index contributed by atoms with van der Waals surface area (Å²) in [6.45, 7) is 4.74. The predicted molar refractivity (Wildman–Crippen MR) is 76.0 cm³/mol. The van der Waals surface area contributed by atoms with Crippen molar-refractivity contribution in [2.75, 3.05) is 18.5 Å². The molecule has 6 nitrogen and oxygen atoms in total. The molecule has 0 aliphatic carbocycles. The summed E-state index contributed by atoms with van der Waals surface area (Å²) in [6.07, 6.45) is 0.829. The van der Waals surface area contributed by atoms with E-state index in [9.17, 15) is 4.79 Å². The van der Waals surface area contributed by atoms with Crippen molar-refractivity contribution in [2.45, 2.75) is 20.3 Å². The van der Waals surface area contributed by atoms with Crippen molar-refractivity contribution in [1.29, 1.82) is 0 Å². The summed E-state index contributed by atoms with van der Waals surface area (Å²) in [6, 6.07) is 5.15. The second kappa shape index (κ2) is 5.47. The van der Waals surface area contributed by atoms with E-state index in [1.807, 2.05) is 0 Å². The lowest BCUT2D eigenvalue weighted by molar-refractivity contribution is 0.102. The smallest absolute Gasteiger partial charge is 0.255 e. The number of aryl methyl sites for hydroxylation is 2. The molecule has 110 valence electrons. The van der Waals surface area contributed by atoms with Gasteiger partial charge in [0.1, 0.15) is 11.4 Å². The molecule has 0 unspecified atom stereocenters. The number of hydrogen-bond donors (Lipinski definition) is 1. The Balaban J connectivity index is 1.83. The van der Waals surface area contributed by atoms with Crippen LogP contribution in [0.2, 0.25) is 0 Å². The molecule has 0 saturated heterocycles. The summed E-state index contributed by atoms with van der Waals surface area (Å²) < 4.78 is 16.2. The van der Waals surface area contributed by atoms with Crippen LogP contribution in [0.25, 0.3) is 0 Å². The maximum Gasteiger partial charge on any atom is 0.255 e. The molecule has 0 fully saturated rings. The predicted octanol–water partition coefficient (Wildman–Crippen LogP) is 2.71. The quantitative estimate of drug-likeness (QED) is 0.919. The number of amides is 1. The highest BCUT2D eigenvalue weighted by molar-refractivity contribution is 6.05. The zero-order chi connectivity index (χ0) is 14.8. The first-order chi connectivity index (χ1) is 10.1. The van der Waals surface area contributed by atoms with Crippen LogP contribution in [0.1, 0.15) is 28.2 Å². The molecule has 1 N–H and O–H groups in total.